The lowest BCUT2D eigenvalue weighted by atomic mass is 10.0. The van der Waals surface area contributed by atoms with Gasteiger partial charge in [-0.05, 0) is 68.3 Å². The molecule has 0 bridgehead atoms. The van der Waals surface area contributed by atoms with Gasteiger partial charge in [0.1, 0.15) is 23.1 Å². The molecule has 22 heteroatoms. The zero-order chi connectivity index (χ0) is 43.1. The zero-order valence-electron chi connectivity index (χ0n) is 32.5. The summed E-state index contributed by atoms with van der Waals surface area (Å²) in [6.07, 6.45) is 1.19. The van der Waals surface area contributed by atoms with Crippen LogP contribution < -0.4 is 25.2 Å². The van der Waals surface area contributed by atoms with Gasteiger partial charge < -0.3 is 15.5 Å². The van der Waals surface area contributed by atoms with Gasteiger partial charge in [0.25, 0.3) is 11.8 Å². The van der Waals surface area contributed by atoms with Crippen molar-refractivity contribution in [1.82, 2.24) is 35.1 Å². The molecule has 1 atom stereocenters. The maximum Gasteiger partial charge on any atom is 0.421 e. The van der Waals surface area contributed by atoms with E-state index in [0.29, 0.717) is 22.9 Å². The van der Waals surface area contributed by atoms with Crippen LogP contribution in [0.15, 0.2) is 59.5 Å². The van der Waals surface area contributed by atoms with Crippen molar-refractivity contribution in [2.75, 3.05) is 53.3 Å². The molecule has 17 nitrogen and oxygen atoms in total. The van der Waals surface area contributed by atoms with E-state index in [4.69, 9.17) is 0 Å². The fraction of sp³-hybridized carbons (Fsp3) is 0.368. The van der Waals surface area contributed by atoms with E-state index in [-0.39, 0.29) is 54.0 Å². The molecule has 5 heterocycles. The van der Waals surface area contributed by atoms with E-state index in [1.807, 2.05) is 19.2 Å². The molecule has 4 aromatic rings. The fourth-order valence-electron chi connectivity index (χ4n) is 7.36. The predicted molar refractivity (Wildman–Crippen MR) is 217 cm³/mol. The van der Waals surface area contributed by atoms with E-state index in [2.05, 4.69) is 61.6 Å². The van der Waals surface area contributed by atoms with Crippen LogP contribution in [0.5, 0.6) is 0 Å². The van der Waals surface area contributed by atoms with Crippen molar-refractivity contribution < 1.29 is 40.8 Å². The highest BCUT2D eigenvalue weighted by Crippen LogP contribution is 2.36. The topological polar surface area (TPSA) is 203 Å². The molecule has 1 unspecified atom stereocenters. The van der Waals surface area contributed by atoms with Crippen molar-refractivity contribution in [2.24, 2.45) is 0 Å². The van der Waals surface area contributed by atoms with Crippen LogP contribution in [0.25, 0.3) is 0 Å². The highest BCUT2D eigenvalue weighted by molar-refractivity contribution is 9.10. The molecule has 3 N–H and O–H groups in total. The fourth-order valence-corrected chi connectivity index (χ4v) is 8.30. The number of benzene rings is 2. The van der Waals surface area contributed by atoms with Gasteiger partial charge in [-0.3, -0.25) is 43.6 Å². The predicted octanol–water partition coefficient (Wildman–Crippen LogP) is 4.30. The number of amides is 4. The van der Waals surface area contributed by atoms with E-state index < -0.39 is 57.3 Å². The lowest BCUT2D eigenvalue weighted by Crippen LogP contribution is -2.54. The average molecular weight is 915 g/mol. The van der Waals surface area contributed by atoms with Crippen LogP contribution in [0.4, 0.5) is 42.1 Å². The molecule has 3 aliphatic rings. The number of nitrogens with zero attached hydrogens (tertiary/aromatic N) is 8. The summed E-state index contributed by atoms with van der Waals surface area (Å²) in [5.74, 6) is -2.91. The standard InChI is InChI=1S/C38H39BrF3N11O6S/c1-50(20-21-16-25-26(17-28(21)39)36(57)53(35(25)56)30-8-9-31(54)48-34(30)55)23-10-14-52(15-11-23)24-6-4-22(5-7-24)47-37-46-18-27(38(40,41)42)32(49-37)45-19-29-33(44-13-12-43-29)51(2)60(3,58)59/h4-7,12-13,16-18,23,30H,8-11,14-15,19-20H2,1-3H3,(H,48,54,55)(H2,45,46,47,49). The van der Waals surface area contributed by atoms with Gasteiger partial charge in [-0.1, -0.05) is 15.9 Å². The Morgan fingerprint density at radius 3 is 2.27 bits per heavy atom. The number of halogens is 4. The summed E-state index contributed by atoms with van der Waals surface area (Å²) in [6, 6.07) is 9.80. The normalized spacial score (nSPS) is 17.6. The number of rotatable bonds is 12. The van der Waals surface area contributed by atoms with Crippen molar-refractivity contribution in [2.45, 2.75) is 57.0 Å². The van der Waals surface area contributed by atoms with Gasteiger partial charge in [-0.2, -0.15) is 18.2 Å². The van der Waals surface area contributed by atoms with Crippen LogP contribution in [0, 0.1) is 0 Å². The molecule has 4 amide bonds. The summed E-state index contributed by atoms with van der Waals surface area (Å²) < 4.78 is 67.6. The quantitative estimate of drug-likeness (QED) is 0.170. The highest BCUT2D eigenvalue weighted by atomic mass is 79.9. The summed E-state index contributed by atoms with van der Waals surface area (Å²) in [5, 5.41) is 7.78. The number of aromatic nitrogens is 4. The molecule has 2 aromatic heterocycles. The summed E-state index contributed by atoms with van der Waals surface area (Å²) in [5.41, 5.74) is 1.68. The Bertz CT molecular complexity index is 2470. The van der Waals surface area contributed by atoms with Crippen LogP contribution in [-0.2, 0) is 38.9 Å². The Morgan fingerprint density at radius 1 is 0.950 bits per heavy atom. The third-order valence-electron chi connectivity index (χ3n) is 10.7. The van der Waals surface area contributed by atoms with Crippen molar-refractivity contribution in [3.05, 3.63) is 87.4 Å². The van der Waals surface area contributed by atoms with E-state index >= 15 is 0 Å². The van der Waals surface area contributed by atoms with Gasteiger partial charge in [0.15, 0.2) is 5.82 Å². The van der Waals surface area contributed by atoms with Gasteiger partial charge in [0.2, 0.25) is 27.8 Å². The number of alkyl halides is 3. The number of sulfonamides is 1. The number of piperidine rings is 2. The van der Waals surface area contributed by atoms with Gasteiger partial charge in [0.05, 0.1) is 23.9 Å². The number of anilines is 5. The number of carbonyl (C=O) groups excluding carboxylic acids is 4. The molecule has 0 radical (unpaired) electrons. The molecule has 0 spiro atoms. The molecular weight excluding hydrogens is 875 g/mol. The number of hydrogen-bond donors (Lipinski definition) is 3. The summed E-state index contributed by atoms with van der Waals surface area (Å²) in [4.78, 5) is 72.2. The molecule has 316 valence electrons. The maximum atomic E-state index is 13.9. The minimum atomic E-state index is -4.79. The van der Waals surface area contributed by atoms with Crippen molar-refractivity contribution in [1.29, 1.82) is 0 Å². The minimum Gasteiger partial charge on any atom is -0.371 e. The average Bonchev–Trinajstić information content (AvgIpc) is 3.43. The van der Waals surface area contributed by atoms with Gasteiger partial charge in [-0.25, -0.2) is 18.4 Å². The second-order valence-electron chi connectivity index (χ2n) is 14.6. The first-order chi connectivity index (χ1) is 28.4. The third kappa shape index (κ3) is 8.89. The first-order valence-electron chi connectivity index (χ1n) is 18.7. The molecule has 0 aliphatic carbocycles. The smallest absolute Gasteiger partial charge is 0.371 e. The monoisotopic (exact) mass is 913 g/mol. The molecule has 0 saturated carbocycles. The highest BCUT2D eigenvalue weighted by Gasteiger charge is 2.45. The second kappa shape index (κ2) is 16.7. The lowest BCUT2D eigenvalue weighted by molar-refractivity contribution is -0.138. The van der Waals surface area contributed by atoms with Crippen LogP contribution >= 0.6 is 15.9 Å². The Morgan fingerprint density at radius 2 is 1.62 bits per heavy atom. The molecule has 2 aromatic carbocycles. The van der Waals surface area contributed by atoms with Gasteiger partial charge in [0, 0.05) is 73.6 Å². The molecule has 7 rings (SSSR count). The number of imide groups is 2. The second-order valence-corrected chi connectivity index (χ2v) is 17.5. The van der Waals surface area contributed by atoms with Crippen molar-refractivity contribution in [3.8, 4) is 0 Å². The largest absolute Gasteiger partial charge is 0.421 e. The van der Waals surface area contributed by atoms with E-state index in [1.54, 1.807) is 24.3 Å². The van der Waals surface area contributed by atoms with Crippen LogP contribution in [-0.4, -0.2) is 107 Å². The van der Waals surface area contributed by atoms with E-state index in [1.165, 1.54) is 19.4 Å². The van der Waals surface area contributed by atoms with Crippen LogP contribution in [0.1, 0.15) is 63.2 Å². The van der Waals surface area contributed by atoms with Crippen LogP contribution in [0.3, 0.4) is 0 Å². The lowest BCUT2D eigenvalue weighted by Gasteiger charge is -2.38. The first kappa shape index (κ1) is 42.4. The first-order valence-corrected chi connectivity index (χ1v) is 21.3. The minimum absolute atomic E-state index is 0.0401. The van der Waals surface area contributed by atoms with E-state index in [0.717, 1.165) is 52.6 Å². The van der Waals surface area contributed by atoms with Crippen LogP contribution in [0.2, 0.25) is 0 Å². The van der Waals surface area contributed by atoms with Gasteiger partial charge >= 0.3 is 6.18 Å². The zero-order valence-corrected chi connectivity index (χ0v) is 34.9. The molecular formula is C38H39BrF3N11O6S. The molecule has 2 saturated heterocycles. The number of hydrogen-bond acceptors (Lipinski definition) is 14. The third-order valence-corrected chi connectivity index (χ3v) is 12.6. The Hall–Kier alpha value is -5.74. The Balaban J connectivity index is 0.958. The molecule has 60 heavy (non-hydrogen) atoms. The summed E-state index contributed by atoms with van der Waals surface area (Å²) in [6.45, 7) is 1.66. The Labute approximate surface area is 350 Å². The summed E-state index contributed by atoms with van der Waals surface area (Å²) >= 11 is 3.57. The number of carbonyl (C=O) groups is 4. The maximum absolute atomic E-state index is 13.9. The number of nitrogens with one attached hydrogen (secondary N) is 3. The SMILES string of the molecule is CN(Cc1cc2c(cc1Br)C(=O)N(C1CCC(=O)NC1=O)C2=O)C1CCN(c2ccc(Nc3ncc(C(F)(F)F)c(NCc4nccnc4N(C)S(C)(=O)=O)n3)cc2)CC1. The molecule has 3 aliphatic heterocycles. The number of fused-ring (bicyclic) bond motifs is 1. The van der Waals surface area contributed by atoms with Gasteiger partial charge in [-0.15, -0.1) is 0 Å². The van der Waals surface area contributed by atoms with Crippen molar-refractivity contribution in [3.63, 3.8) is 0 Å². The van der Waals surface area contributed by atoms with Crippen molar-refractivity contribution >= 4 is 78.5 Å². The molecule has 2 fully saturated rings. The van der Waals surface area contributed by atoms with E-state index in [9.17, 15) is 40.8 Å². The Kier molecular flexibility index (Phi) is 11.8. The summed E-state index contributed by atoms with van der Waals surface area (Å²) in [7, 11) is -0.462.